The number of aromatic nitrogens is 3. The van der Waals surface area contributed by atoms with Crippen LogP contribution < -0.4 is 11.1 Å². The van der Waals surface area contributed by atoms with Gasteiger partial charge in [0.15, 0.2) is 11.6 Å². The zero-order valence-corrected chi connectivity index (χ0v) is 16.6. The fourth-order valence-corrected chi connectivity index (χ4v) is 2.60. The van der Waals surface area contributed by atoms with Crippen molar-refractivity contribution < 1.29 is 0 Å². The minimum Gasteiger partial charge on any atom is -0.352 e. The molecule has 0 spiro atoms. The molecule has 3 aromatic rings. The number of alkyl halides is 3. The maximum absolute atomic E-state index is 6.01. The molecule has 0 fully saturated rings. The third kappa shape index (κ3) is 4.74. The van der Waals surface area contributed by atoms with E-state index in [-0.39, 0.29) is 5.82 Å². The molecule has 5 nitrogen and oxygen atoms in total. The van der Waals surface area contributed by atoms with Crippen molar-refractivity contribution in [3.05, 3.63) is 48.3 Å². The molecule has 136 valence electrons. The Morgan fingerprint density at radius 3 is 2.31 bits per heavy atom. The van der Waals surface area contributed by atoms with Crippen LogP contribution in [0.3, 0.4) is 0 Å². The summed E-state index contributed by atoms with van der Waals surface area (Å²) < 4.78 is -1.76. The Balaban J connectivity index is 2.06. The Morgan fingerprint density at radius 1 is 0.962 bits per heavy atom. The fourth-order valence-electron chi connectivity index (χ4n) is 2.35. The van der Waals surface area contributed by atoms with Crippen LogP contribution in [0, 0.1) is 0 Å². The molecule has 8 heteroatoms. The molecule has 3 rings (SSSR count). The Labute approximate surface area is 166 Å². The lowest BCUT2D eigenvalue weighted by atomic mass is 10.1. The first-order valence-electron chi connectivity index (χ1n) is 7.97. The first-order valence-corrected chi connectivity index (χ1v) is 9.10. The zero-order valence-electron chi connectivity index (χ0n) is 14.3. The third-order valence-corrected chi connectivity index (χ3v) is 4.11. The molecule has 0 aliphatic carbocycles. The molecule has 0 saturated carbocycles. The number of rotatable bonds is 4. The highest BCUT2D eigenvalue weighted by Crippen LogP contribution is 2.37. The maximum atomic E-state index is 6.01. The normalized spacial score (nSPS) is 12.4. The van der Waals surface area contributed by atoms with Crippen LogP contribution in [0.2, 0.25) is 0 Å². The predicted molar refractivity (Wildman–Crippen MR) is 109 cm³/mol. The molecule has 0 bridgehead atoms. The average molecular weight is 411 g/mol. The Morgan fingerprint density at radius 2 is 1.65 bits per heavy atom. The predicted octanol–water partition coefficient (Wildman–Crippen LogP) is 4.67. The molecule has 26 heavy (non-hydrogen) atoms. The molecule has 0 atom stereocenters. The second kappa shape index (κ2) is 7.16. The molecule has 0 saturated heterocycles. The molecule has 0 aliphatic heterocycles. The van der Waals surface area contributed by atoms with Crippen molar-refractivity contribution in [1.82, 2.24) is 15.0 Å². The summed E-state index contributed by atoms with van der Waals surface area (Å²) in [6, 6.07) is 13.9. The Kier molecular flexibility index (Phi) is 5.26. The average Bonchev–Trinajstić information content (AvgIpc) is 2.58. The molecular formula is C18H18Cl3N5. The summed E-state index contributed by atoms with van der Waals surface area (Å²) in [6.45, 7) is 4.23. The molecule has 1 heterocycles. The fraction of sp³-hybridized carbons (Fsp3) is 0.278. The molecule has 0 radical (unpaired) electrons. The Bertz CT molecular complexity index is 932. The number of benzene rings is 2. The molecular weight excluding hydrogens is 393 g/mol. The number of hydrogen-bond acceptors (Lipinski definition) is 5. The summed E-state index contributed by atoms with van der Waals surface area (Å²) in [7, 11) is 0. The Hall–Kier alpha value is -1.66. The number of anilines is 1. The second-order valence-electron chi connectivity index (χ2n) is 6.71. The monoisotopic (exact) mass is 409 g/mol. The molecule has 1 aromatic heterocycles. The highest BCUT2D eigenvalue weighted by atomic mass is 35.6. The summed E-state index contributed by atoms with van der Waals surface area (Å²) in [4.78, 5) is 13.0. The summed E-state index contributed by atoms with van der Waals surface area (Å²) in [5, 5.41) is 5.27. The summed E-state index contributed by atoms with van der Waals surface area (Å²) in [5.41, 5.74) is 6.36. The lowest BCUT2D eigenvalue weighted by Crippen LogP contribution is -2.40. The maximum Gasteiger partial charge on any atom is 0.250 e. The highest BCUT2D eigenvalue weighted by Gasteiger charge is 2.28. The molecule has 3 N–H and O–H groups in total. The van der Waals surface area contributed by atoms with E-state index in [1.807, 2.05) is 56.3 Å². The van der Waals surface area contributed by atoms with E-state index >= 15 is 0 Å². The minimum atomic E-state index is -1.76. The van der Waals surface area contributed by atoms with E-state index in [1.54, 1.807) is 0 Å². The van der Waals surface area contributed by atoms with Gasteiger partial charge in [-0.1, -0.05) is 71.2 Å². The van der Waals surface area contributed by atoms with Crippen molar-refractivity contribution in [2.24, 2.45) is 5.73 Å². The van der Waals surface area contributed by atoms with Gasteiger partial charge in [-0.2, -0.15) is 9.97 Å². The van der Waals surface area contributed by atoms with E-state index in [2.05, 4.69) is 20.3 Å². The summed E-state index contributed by atoms with van der Waals surface area (Å²) in [5.74, 6) is 0.783. The van der Waals surface area contributed by atoms with Crippen LogP contribution in [0.15, 0.2) is 42.5 Å². The van der Waals surface area contributed by atoms with Gasteiger partial charge in [-0.05, 0) is 30.7 Å². The van der Waals surface area contributed by atoms with Crippen LogP contribution in [-0.2, 0) is 3.79 Å². The van der Waals surface area contributed by atoms with Gasteiger partial charge in [0.25, 0.3) is 0 Å². The van der Waals surface area contributed by atoms with Gasteiger partial charge in [0, 0.05) is 17.6 Å². The smallest absolute Gasteiger partial charge is 0.250 e. The van der Waals surface area contributed by atoms with Gasteiger partial charge in [-0.3, -0.25) is 0 Å². The van der Waals surface area contributed by atoms with Crippen molar-refractivity contribution in [1.29, 1.82) is 0 Å². The van der Waals surface area contributed by atoms with E-state index in [1.165, 1.54) is 0 Å². The van der Waals surface area contributed by atoms with Gasteiger partial charge in [-0.15, -0.1) is 0 Å². The number of hydrogen-bond donors (Lipinski definition) is 2. The van der Waals surface area contributed by atoms with Gasteiger partial charge in [0.05, 0.1) is 0 Å². The quantitative estimate of drug-likeness (QED) is 0.611. The van der Waals surface area contributed by atoms with Crippen LogP contribution in [-0.4, -0.2) is 27.0 Å². The number of fused-ring (bicyclic) bond motifs is 1. The first-order chi connectivity index (χ1) is 12.1. The molecule has 0 unspecified atom stereocenters. The minimum absolute atomic E-state index is 0.0537. The molecule has 0 amide bonds. The SMILES string of the molecule is CC(C)(N)CNc1nc(-c2ccc3ccccc3c2)nc(C(Cl)(Cl)Cl)n1. The van der Waals surface area contributed by atoms with Crippen LogP contribution in [0.4, 0.5) is 5.95 Å². The van der Waals surface area contributed by atoms with E-state index < -0.39 is 9.33 Å². The van der Waals surface area contributed by atoms with Gasteiger partial charge >= 0.3 is 0 Å². The summed E-state index contributed by atoms with van der Waals surface area (Å²) >= 11 is 18.0. The van der Waals surface area contributed by atoms with Crippen molar-refractivity contribution in [3.63, 3.8) is 0 Å². The van der Waals surface area contributed by atoms with Crippen LogP contribution in [0.5, 0.6) is 0 Å². The van der Waals surface area contributed by atoms with Gasteiger partial charge < -0.3 is 11.1 Å². The van der Waals surface area contributed by atoms with Gasteiger partial charge in [-0.25, -0.2) is 4.98 Å². The van der Waals surface area contributed by atoms with Crippen molar-refractivity contribution in [2.45, 2.75) is 23.2 Å². The van der Waals surface area contributed by atoms with Crippen LogP contribution >= 0.6 is 34.8 Å². The lowest BCUT2D eigenvalue weighted by molar-refractivity contribution is 0.547. The lowest BCUT2D eigenvalue weighted by Gasteiger charge is -2.20. The van der Waals surface area contributed by atoms with Crippen molar-refractivity contribution in [2.75, 3.05) is 11.9 Å². The highest BCUT2D eigenvalue weighted by molar-refractivity contribution is 6.66. The van der Waals surface area contributed by atoms with Crippen molar-refractivity contribution in [3.8, 4) is 11.4 Å². The largest absolute Gasteiger partial charge is 0.352 e. The van der Waals surface area contributed by atoms with Crippen molar-refractivity contribution >= 4 is 51.5 Å². The number of halogens is 3. The van der Waals surface area contributed by atoms with Crippen LogP contribution in [0.25, 0.3) is 22.2 Å². The third-order valence-electron chi connectivity index (χ3n) is 3.60. The second-order valence-corrected chi connectivity index (χ2v) is 8.99. The molecule has 0 aliphatic rings. The first kappa shape index (κ1) is 19.1. The van der Waals surface area contributed by atoms with E-state index in [0.29, 0.717) is 18.3 Å². The summed E-state index contributed by atoms with van der Waals surface area (Å²) in [6.07, 6.45) is 0. The number of nitrogens with two attached hydrogens (primary N) is 1. The van der Waals surface area contributed by atoms with E-state index in [4.69, 9.17) is 40.5 Å². The standard InChI is InChI=1S/C18H18Cl3N5/c1-17(2,22)10-23-16-25-14(24-15(26-16)18(19,20)21)13-8-7-11-5-3-4-6-12(11)9-13/h3-9H,10,22H2,1-2H3,(H,23,24,25,26). The van der Waals surface area contributed by atoms with Crippen LogP contribution in [0.1, 0.15) is 19.7 Å². The number of nitrogens with zero attached hydrogens (tertiary/aromatic N) is 3. The number of nitrogens with one attached hydrogen (secondary N) is 1. The van der Waals surface area contributed by atoms with Gasteiger partial charge in [0.2, 0.25) is 9.74 Å². The van der Waals surface area contributed by atoms with E-state index in [0.717, 1.165) is 16.3 Å². The van der Waals surface area contributed by atoms with Gasteiger partial charge in [0.1, 0.15) is 0 Å². The zero-order chi connectivity index (χ0) is 18.9. The van der Waals surface area contributed by atoms with E-state index in [9.17, 15) is 0 Å². The topological polar surface area (TPSA) is 76.7 Å². The molecule has 2 aromatic carbocycles.